The molecule has 2 amide bonds. The highest BCUT2D eigenvalue weighted by atomic mass is 32.2. The number of hydrogen-bond acceptors (Lipinski definition) is 6. The van der Waals surface area contributed by atoms with Crippen LogP contribution in [0.3, 0.4) is 0 Å². The standard InChI is InChI=1S/C23H16F2N4O5S/c24-14-8-13(9-15(25)11-14)21(31)19(22-27-17-6-1-2-7-18(17)28-22)20(30)12-4-3-5-16(10-12)35(33,34)29-23(26)32/h1-11,19H,(H,27,28)(H3,26,29,32). The number of para-hydroxylation sites is 2. The Morgan fingerprint density at radius 3 is 2.20 bits per heavy atom. The lowest BCUT2D eigenvalue weighted by Gasteiger charge is -2.14. The molecule has 0 spiro atoms. The van der Waals surface area contributed by atoms with Gasteiger partial charge in [0, 0.05) is 17.2 Å². The van der Waals surface area contributed by atoms with Gasteiger partial charge in [-0.05, 0) is 36.4 Å². The van der Waals surface area contributed by atoms with Crippen molar-refractivity contribution in [3.8, 4) is 0 Å². The fraction of sp³-hybridized carbons (Fsp3) is 0.0435. The number of carbonyl (C=O) groups is 3. The topological polar surface area (TPSA) is 152 Å². The molecule has 3 aromatic carbocycles. The zero-order valence-corrected chi connectivity index (χ0v) is 18.5. The van der Waals surface area contributed by atoms with E-state index < -0.39 is 55.6 Å². The molecule has 1 aromatic heterocycles. The van der Waals surface area contributed by atoms with Crippen molar-refractivity contribution in [1.29, 1.82) is 0 Å². The Hall–Kier alpha value is -4.45. The summed E-state index contributed by atoms with van der Waals surface area (Å²) in [6, 6.07) is 12.0. The molecule has 0 saturated heterocycles. The van der Waals surface area contributed by atoms with Crippen molar-refractivity contribution < 1.29 is 31.6 Å². The summed E-state index contributed by atoms with van der Waals surface area (Å²) in [5, 5.41) is 0. The number of imidazole rings is 1. The van der Waals surface area contributed by atoms with Gasteiger partial charge in [-0.15, -0.1) is 0 Å². The minimum Gasteiger partial charge on any atom is -0.351 e. The molecule has 4 N–H and O–H groups in total. The van der Waals surface area contributed by atoms with Crippen LogP contribution in [0.4, 0.5) is 13.6 Å². The second kappa shape index (κ2) is 9.06. The maximum absolute atomic E-state index is 13.8. The summed E-state index contributed by atoms with van der Waals surface area (Å²) in [7, 11) is -4.39. The zero-order valence-electron chi connectivity index (χ0n) is 17.7. The summed E-state index contributed by atoms with van der Waals surface area (Å²) < 4.78 is 53.8. The first-order valence-corrected chi connectivity index (χ1v) is 11.4. The minimum absolute atomic E-state index is 0.102. The highest BCUT2D eigenvalue weighted by molar-refractivity contribution is 7.90. The lowest BCUT2D eigenvalue weighted by molar-refractivity contribution is 0.0855. The maximum atomic E-state index is 13.8. The summed E-state index contributed by atoms with van der Waals surface area (Å²) in [5.41, 5.74) is 5.18. The van der Waals surface area contributed by atoms with Crippen LogP contribution in [0.5, 0.6) is 0 Å². The Morgan fingerprint density at radius 1 is 0.886 bits per heavy atom. The van der Waals surface area contributed by atoms with Crippen LogP contribution in [-0.2, 0) is 10.0 Å². The van der Waals surface area contributed by atoms with Crippen LogP contribution in [0.2, 0.25) is 0 Å². The second-order valence-corrected chi connectivity index (χ2v) is 9.14. The quantitative estimate of drug-likeness (QED) is 0.263. The molecule has 12 heteroatoms. The number of amides is 2. The number of Topliss-reactive ketones (excluding diaryl/α,β-unsaturated/α-hetero) is 2. The third-order valence-electron chi connectivity index (χ3n) is 5.02. The molecule has 0 fully saturated rings. The van der Waals surface area contributed by atoms with E-state index in [-0.39, 0.29) is 11.4 Å². The van der Waals surface area contributed by atoms with Crippen LogP contribution in [0.1, 0.15) is 32.5 Å². The van der Waals surface area contributed by atoms with Crippen LogP contribution >= 0.6 is 0 Å². The number of aromatic amines is 1. The lowest BCUT2D eigenvalue weighted by Crippen LogP contribution is -2.35. The number of hydrogen-bond donors (Lipinski definition) is 3. The van der Waals surface area contributed by atoms with E-state index in [0.29, 0.717) is 17.1 Å². The number of urea groups is 1. The van der Waals surface area contributed by atoms with E-state index >= 15 is 0 Å². The van der Waals surface area contributed by atoms with Gasteiger partial charge in [0.15, 0.2) is 11.6 Å². The number of rotatable bonds is 7. The van der Waals surface area contributed by atoms with Crippen LogP contribution in [-0.4, -0.2) is 36.0 Å². The van der Waals surface area contributed by atoms with Crippen molar-refractivity contribution in [3.63, 3.8) is 0 Å². The molecule has 1 heterocycles. The van der Waals surface area contributed by atoms with Crippen LogP contribution in [0.15, 0.2) is 71.6 Å². The number of nitrogens with two attached hydrogens (primary N) is 1. The molecule has 178 valence electrons. The molecule has 0 radical (unpaired) electrons. The average molecular weight is 498 g/mol. The van der Waals surface area contributed by atoms with E-state index in [1.165, 1.54) is 12.1 Å². The van der Waals surface area contributed by atoms with Crippen LogP contribution in [0.25, 0.3) is 11.0 Å². The van der Waals surface area contributed by atoms with Crippen molar-refractivity contribution in [3.05, 3.63) is 95.3 Å². The minimum atomic E-state index is -4.39. The van der Waals surface area contributed by atoms with Gasteiger partial charge in [-0.2, -0.15) is 0 Å². The average Bonchev–Trinajstić information content (AvgIpc) is 3.21. The molecule has 1 unspecified atom stereocenters. The number of nitrogens with one attached hydrogen (secondary N) is 2. The SMILES string of the molecule is NC(=O)NS(=O)(=O)c1cccc(C(=O)C(C(=O)c2cc(F)cc(F)c2)c2nc3ccccc3[nH]2)c1. The van der Waals surface area contributed by atoms with Gasteiger partial charge in [0.1, 0.15) is 23.4 Å². The van der Waals surface area contributed by atoms with Gasteiger partial charge >= 0.3 is 6.03 Å². The first-order chi connectivity index (χ1) is 16.5. The van der Waals surface area contributed by atoms with Crippen molar-refractivity contribution in [2.75, 3.05) is 0 Å². The predicted molar refractivity (Wildman–Crippen MR) is 120 cm³/mol. The molecule has 9 nitrogen and oxygen atoms in total. The molecule has 0 aliphatic heterocycles. The molecular weight excluding hydrogens is 482 g/mol. The van der Waals surface area contributed by atoms with Gasteiger partial charge in [0.25, 0.3) is 10.0 Å². The predicted octanol–water partition coefficient (Wildman–Crippen LogP) is 3.05. The summed E-state index contributed by atoms with van der Waals surface area (Å²) in [6.45, 7) is 0. The number of H-pyrrole nitrogens is 1. The number of fused-ring (bicyclic) bond motifs is 1. The van der Waals surface area contributed by atoms with Gasteiger partial charge in [-0.25, -0.2) is 31.7 Å². The lowest BCUT2D eigenvalue weighted by atomic mass is 9.89. The van der Waals surface area contributed by atoms with Crippen LogP contribution < -0.4 is 10.5 Å². The fourth-order valence-corrected chi connectivity index (χ4v) is 4.44. The summed E-state index contributed by atoms with van der Waals surface area (Å²) in [5.74, 6) is -5.68. The molecule has 4 rings (SSSR count). The van der Waals surface area contributed by atoms with Gasteiger partial charge < -0.3 is 10.7 Å². The van der Waals surface area contributed by atoms with Crippen molar-refractivity contribution >= 4 is 38.7 Å². The molecule has 0 bridgehead atoms. The maximum Gasteiger partial charge on any atom is 0.326 e. The van der Waals surface area contributed by atoms with E-state index in [2.05, 4.69) is 9.97 Å². The van der Waals surface area contributed by atoms with Crippen molar-refractivity contribution in [2.45, 2.75) is 10.8 Å². The van der Waals surface area contributed by atoms with Gasteiger partial charge in [0.2, 0.25) is 0 Å². The summed E-state index contributed by atoms with van der Waals surface area (Å²) in [4.78, 5) is 44.6. The number of primary amides is 1. The number of nitrogens with zero attached hydrogens (tertiary/aromatic N) is 1. The molecule has 4 aromatic rings. The smallest absolute Gasteiger partial charge is 0.326 e. The van der Waals surface area contributed by atoms with E-state index in [1.807, 2.05) is 0 Å². The zero-order chi connectivity index (χ0) is 25.3. The van der Waals surface area contributed by atoms with Crippen molar-refractivity contribution in [2.24, 2.45) is 5.73 Å². The highest BCUT2D eigenvalue weighted by Crippen LogP contribution is 2.27. The van der Waals surface area contributed by atoms with E-state index in [0.717, 1.165) is 24.3 Å². The molecule has 1 atom stereocenters. The molecule has 0 aliphatic rings. The Labute approximate surface area is 197 Å². The van der Waals surface area contributed by atoms with Crippen molar-refractivity contribution in [1.82, 2.24) is 14.7 Å². The number of ketones is 2. The highest BCUT2D eigenvalue weighted by Gasteiger charge is 2.34. The number of aromatic nitrogens is 2. The number of carbonyl (C=O) groups excluding carboxylic acids is 3. The Kier molecular flexibility index (Phi) is 6.14. The first-order valence-electron chi connectivity index (χ1n) is 9.96. The third kappa shape index (κ3) is 4.92. The number of benzene rings is 3. The Morgan fingerprint density at radius 2 is 1.54 bits per heavy atom. The van der Waals surface area contributed by atoms with E-state index in [1.54, 1.807) is 29.0 Å². The third-order valence-corrected chi connectivity index (χ3v) is 6.36. The van der Waals surface area contributed by atoms with Crippen LogP contribution in [0, 0.1) is 11.6 Å². The molecule has 0 saturated carbocycles. The molecular formula is C23H16F2N4O5S. The number of halogens is 2. The second-order valence-electron chi connectivity index (χ2n) is 7.46. The molecule has 35 heavy (non-hydrogen) atoms. The van der Waals surface area contributed by atoms with E-state index in [9.17, 15) is 31.6 Å². The largest absolute Gasteiger partial charge is 0.351 e. The Bertz CT molecular complexity index is 1550. The number of sulfonamides is 1. The Balaban J connectivity index is 1.84. The van der Waals surface area contributed by atoms with Gasteiger partial charge in [0.05, 0.1) is 15.9 Å². The van der Waals surface area contributed by atoms with Gasteiger partial charge in [-0.1, -0.05) is 24.3 Å². The summed E-state index contributed by atoms with van der Waals surface area (Å²) >= 11 is 0. The fourth-order valence-electron chi connectivity index (χ4n) is 3.51. The first kappa shape index (κ1) is 23.7. The van der Waals surface area contributed by atoms with E-state index in [4.69, 9.17) is 5.73 Å². The monoisotopic (exact) mass is 498 g/mol. The summed E-state index contributed by atoms with van der Waals surface area (Å²) in [6.07, 6.45) is 0. The molecule has 0 aliphatic carbocycles. The normalized spacial score (nSPS) is 12.3. The van der Waals surface area contributed by atoms with Gasteiger partial charge in [-0.3, -0.25) is 9.59 Å².